The normalized spacial score (nSPS) is 23.4. The number of carbonyl (C=O) groups is 1. The van der Waals surface area contributed by atoms with Crippen LogP contribution in [0.2, 0.25) is 0 Å². The highest BCUT2D eigenvalue weighted by molar-refractivity contribution is 5.92. The molecule has 1 amide bonds. The standard InChI is InChI=1S/C17H26N2O/c1-12-5-6-13(11-18-12)16(20)19-15-9-7-14(8-10-15)17(2,3)4/h7-10,12-13,18H,5-6,11H2,1-4H3,(H,19,20). The van der Waals surface area contributed by atoms with E-state index in [2.05, 4.69) is 50.5 Å². The number of amides is 1. The van der Waals surface area contributed by atoms with Crippen molar-refractivity contribution in [1.29, 1.82) is 0 Å². The lowest BCUT2D eigenvalue weighted by atomic mass is 9.87. The molecule has 2 atom stereocenters. The number of hydrogen-bond donors (Lipinski definition) is 2. The fourth-order valence-corrected chi connectivity index (χ4v) is 2.52. The van der Waals surface area contributed by atoms with Crippen molar-refractivity contribution in [2.45, 2.75) is 52.0 Å². The van der Waals surface area contributed by atoms with Crippen LogP contribution in [0.5, 0.6) is 0 Å². The van der Waals surface area contributed by atoms with Crippen molar-refractivity contribution in [3.63, 3.8) is 0 Å². The van der Waals surface area contributed by atoms with Crippen molar-refractivity contribution in [3.8, 4) is 0 Å². The first-order valence-electron chi connectivity index (χ1n) is 7.51. The Kier molecular flexibility index (Phi) is 4.48. The molecule has 3 nitrogen and oxygen atoms in total. The van der Waals surface area contributed by atoms with E-state index in [4.69, 9.17) is 0 Å². The van der Waals surface area contributed by atoms with Crippen molar-refractivity contribution in [3.05, 3.63) is 29.8 Å². The molecule has 110 valence electrons. The summed E-state index contributed by atoms with van der Waals surface area (Å²) in [6, 6.07) is 8.72. The quantitative estimate of drug-likeness (QED) is 0.868. The van der Waals surface area contributed by atoms with Gasteiger partial charge in [0.2, 0.25) is 5.91 Å². The number of anilines is 1. The van der Waals surface area contributed by atoms with Gasteiger partial charge in [-0.15, -0.1) is 0 Å². The van der Waals surface area contributed by atoms with Crippen molar-refractivity contribution >= 4 is 11.6 Å². The number of piperidine rings is 1. The molecule has 1 aromatic carbocycles. The van der Waals surface area contributed by atoms with Crippen LogP contribution < -0.4 is 10.6 Å². The third kappa shape index (κ3) is 3.83. The topological polar surface area (TPSA) is 41.1 Å². The predicted octanol–water partition coefficient (Wildman–Crippen LogP) is 3.31. The largest absolute Gasteiger partial charge is 0.326 e. The summed E-state index contributed by atoms with van der Waals surface area (Å²) in [7, 11) is 0. The van der Waals surface area contributed by atoms with Gasteiger partial charge in [0.15, 0.2) is 0 Å². The van der Waals surface area contributed by atoms with Gasteiger partial charge in [-0.25, -0.2) is 0 Å². The fraction of sp³-hybridized carbons (Fsp3) is 0.588. The van der Waals surface area contributed by atoms with Gasteiger partial charge in [-0.05, 0) is 42.9 Å². The Morgan fingerprint density at radius 1 is 1.20 bits per heavy atom. The minimum atomic E-state index is 0.0912. The van der Waals surface area contributed by atoms with E-state index in [1.807, 2.05) is 12.1 Å². The summed E-state index contributed by atoms with van der Waals surface area (Å²) in [6.07, 6.45) is 2.04. The highest BCUT2D eigenvalue weighted by atomic mass is 16.1. The molecular weight excluding hydrogens is 248 g/mol. The van der Waals surface area contributed by atoms with Gasteiger partial charge >= 0.3 is 0 Å². The number of benzene rings is 1. The molecule has 3 heteroatoms. The summed E-state index contributed by atoms with van der Waals surface area (Å²) >= 11 is 0. The second-order valence-electron chi connectivity index (χ2n) is 6.90. The average Bonchev–Trinajstić information content (AvgIpc) is 2.39. The minimum Gasteiger partial charge on any atom is -0.326 e. The molecule has 20 heavy (non-hydrogen) atoms. The highest BCUT2D eigenvalue weighted by Crippen LogP contribution is 2.24. The Morgan fingerprint density at radius 3 is 2.35 bits per heavy atom. The number of hydrogen-bond acceptors (Lipinski definition) is 2. The first kappa shape index (κ1) is 15.0. The Labute approximate surface area is 122 Å². The molecule has 0 radical (unpaired) electrons. The summed E-state index contributed by atoms with van der Waals surface area (Å²) < 4.78 is 0. The predicted molar refractivity (Wildman–Crippen MR) is 84.0 cm³/mol. The summed E-state index contributed by atoms with van der Waals surface area (Å²) in [5.74, 6) is 0.224. The number of rotatable bonds is 2. The van der Waals surface area contributed by atoms with E-state index in [0.717, 1.165) is 25.1 Å². The third-order valence-electron chi connectivity index (χ3n) is 4.05. The van der Waals surface area contributed by atoms with Gasteiger partial charge in [0.05, 0.1) is 5.92 Å². The van der Waals surface area contributed by atoms with Crippen molar-refractivity contribution in [2.75, 3.05) is 11.9 Å². The average molecular weight is 274 g/mol. The molecule has 0 aliphatic carbocycles. The van der Waals surface area contributed by atoms with Gasteiger partial charge < -0.3 is 10.6 Å². The molecule has 1 fully saturated rings. The molecule has 2 unspecified atom stereocenters. The van der Waals surface area contributed by atoms with Gasteiger partial charge in [0, 0.05) is 18.3 Å². The fourth-order valence-electron chi connectivity index (χ4n) is 2.52. The zero-order chi connectivity index (χ0) is 14.8. The third-order valence-corrected chi connectivity index (χ3v) is 4.05. The van der Waals surface area contributed by atoms with Crippen molar-refractivity contribution in [1.82, 2.24) is 5.32 Å². The molecule has 0 bridgehead atoms. The van der Waals surface area contributed by atoms with Crippen molar-refractivity contribution in [2.24, 2.45) is 5.92 Å². The molecule has 1 aliphatic rings. The zero-order valence-corrected chi connectivity index (χ0v) is 13.0. The molecule has 1 saturated heterocycles. The first-order chi connectivity index (χ1) is 9.36. The molecular formula is C17H26N2O. The van der Waals surface area contributed by atoms with E-state index in [1.165, 1.54) is 5.56 Å². The SMILES string of the molecule is CC1CCC(C(=O)Nc2ccc(C(C)(C)C)cc2)CN1. The maximum absolute atomic E-state index is 12.2. The molecule has 0 saturated carbocycles. The minimum absolute atomic E-state index is 0.0912. The summed E-state index contributed by atoms with van der Waals surface area (Å²) in [4.78, 5) is 12.2. The maximum Gasteiger partial charge on any atom is 0.228 e. The van der Waals surface area contributed by atoms with Crippen LogP contribution in [0.15, 0.2) is 24.3 Å². The molecule has 0 spiro atoms. The lowest BCUT2D eigenvalue weighted by molar-refractivity contribution is -0.120. The van der Waals surface area contributed by atoms with E-state index >= 15 is 0 Å². The Balaban J connectivity index is 1.94. The summed E-state index contributed by atoms with van der Waals surface area (Å²) in [5.41, 5.74) is 2.32. The smallest absolute Gasteiger partial charge is 0.228 e. The lowest BCUT2D eigenvalue weighted by Crippen LogP contribution is -2.41. The van der Waals surface area contributed by atoms with E-state index in [0.29, 0.717) is 6.04 Å². The molecule has 1 heterocycles. The lowest BCUT2D eigenvalue weighted by Gasteiger charge is -2.26. The second kappa shape index (κ2) is 5.96. The Bertz CT molecular complexity index is 451. The summed E-state index contributed by atoms with van der Waals surface area (Å²) in [5, 5.41) is 6.39. The van der Waals surface area contributed by atoms with Gasteiger partial charge in [-0.3, -0.25) is 4.79 Å². The zero-order valence-electron chi connectivity index (χ0n) is 13.0. The first-order valence-corrected chi connectivity index (χ1v) is 7.51. The van der Waals surface area contributed by atoms with E-state index in [1.54, 1.807) is 0 Å². The van der Waals surface area contributed by atoms with E-state index < -0.39 is 0 Å². The number of carbonyl (C=O) groups excluding carboxylic acids is 1. The van der Waals surface area contributed by atoms with Gasteiger partial charge in [-0.2, -0.15) is 0 Å². The molecule has 2 N–H and O–H groups in total. The van der Waals surface area contributed by atoms with Crippen LogP contribution in [0.1, 0.15) is 46.1 Å². The number of nitrogens with one attached hydrogen (secondary N) is 2. The van der Waals surface area contributed by atoms with Crippen LogP contribution in [0.3, 0.4) is 0 Å². The summed E-state index contributed by atoms with van der Waals surface area (Å²) in [6.45, 7) is 9.52. The highest BCUT2D eigenvalue weighted by Gasteiger charge is 2.24. The van der Waals surface area contributed by atoms with E-state index in [-0.39, 0.29) is 17.2 Å². The van der Waals surface area contributed by atoms with Crippen LogP contribution in [0.4, 0.5) is 5.69 Å². The van der Waals surface area contributed by atoms with Crippen LogP contribution in [0.25, 0.3) is 0 Å². The van der Waals surface area contributed by atoms with Crippen LogP contribution in [-0.2, 0) is 10.2 Å². The van der Waals surface area contributed by atoms with Crippen LogP contribution in [-0.4, -0.2) is 18.5 Å². The Morgan fingerprint density at radius 2 is 1.85 bits per heavy atom. The van der Waals surface area contributed by atoms with E-state index in [9.17, 15) is 4.79 Å². The van der Waals surface area contributed by atoms with Crippen LogP contribution >= 0.6 is 0 Å². The second-order valence-corrected chi connectivity index (χ2v) is 6.90. The Hall–Kier alpha value is -1.35. The monoisotopic (exact) mass is 274 g/mol. The van der Waals surface area contributed by atoms with Gasteiger partial charge in [0.1, 0.15) is 0 Å². The molecule has 0 aromatic heterocycles. The van der Waals surface area contributed by atoms with Gasteiger partial charge in [0.25, 0.3) is 0 Å². The van der Waals surface area contributed by atoms with Gasteiger partial charge in [-0.1, -0.05) is 32.9 Å². The molecule has 1 aromatic rings. The molecule has 1 aliphatic heterocycles. The molecule has 2 rings (SSSR count). The van der Waals surface area contributed by atoms with Crippen molar-refractivity contribution < 1.29 is 4.79 Å². The van der Waals surface area contributed by atoms with Crippen LogP contribution in [0, 0.1) is 5.92 Å². The maximum atomic E-state index is 12.2.